The quantitative estimate of drug-likeness (QED) is 0.621. The van der Waals surface area contributed by atoms with Crippen LogP contribution in [0, 0.1) is 0 Å². The van der Waals surface area contributed by atoms with Crippen LogP contribution in [0.5, 0.6) is 0 Å². The van der Waals surface area contributed by atoms with Crippen molar-refractivity contribution in [3.05, 3.63) is 58.6 Å². The van der Waals surface area contributed by atoms with Crippen LogP contribution in [0.1, 0.15) is 22.7 Å². The van der Waals surface area contributed by atoms with Gasteiger partial charge in [0.15, 0.2) is 6.61 Å². The molecule has 0 bridgehead atoms. The van der Waals surface area contributed by atoms with Crippen molar-refractivity contribution >= 4 is 29.1 Å². The lowest BCUT2D eigenvalue weighted by Gasteiger charge is -2.05. The summed E-state index contributed by atoms with van der Waals surface area (Å²) in [6.07, 6.45) is 0.172. The molecule has 1 N–H and O–H groups in total. The van der Waals surface area contributed by atoms with Crippen LogP contribution in [-0.2, 0) is 20.7 Å². The van der Waals surface area contributed by atoms with Gasteiger partial charge in [-0.05, 0) is 23.6 Å². The highest BCUT2D eigenvalue weighted by Crippen LogP contribution is 2.19. The number of imide groups is 1. The number of carbonyl (C=O) groups excluding carboxylic acids is 3. The van der Waals surface area contributed by atoms with Crippen molar-refractivity contribution < 1.29 is 23.6 Å². The second-order valence-corrected chi connectivity index (χ2v) is 6.21. The fourth-order valence-corrected chi connectivity index (χ4v) is 2.75. The summed E-state index contributed by atoms with van der Waals surface area (Å²) < 4.78 is 9.93. The molecule has 0 spiro atoms. The summed E-state index contributed by atoms with van der Waals surface area (Å²) in [7, 11) is 0. The van der Waals surface area contributed by atoms with E-state index in [4.69, 9.17) is 9.26 Å². The number of rotatable bonds is 7. The van der Waals surface area contributed by atoms with Crippen molar-refractivity contribution in [3.63, 3.8) is 0 Å². The Hall–Kier alpha value is -3.33. The van der Waals surface area contributed by atoms with Crippen molar-refractivity contribution in [2.45, 2.75) is 12.8 Å². The predicted molar refractivity (Wildman–Crippen MR) is 95.8 cm³/mol. The van der Waals surface area contributed by atoms with Gasteiger partial charge in [-0.1, -0.05) is 23.4 Å². The summed E-state index contributed by atoms with van der Waals surface area (Å²) in [5, 5.41) is 9.77. The number of nitrogens with one attached hydrogen (secondary N) is 1. The number of aryl methyl sites for hydroxylation is 1. The molecule has 0 saturated heterocycles. The van der Waals surface area contributed by atoms with Gasteiger partial charge in [-0.15, -0.1) is 0 Å². The maximum atomic E-state index is 11.8. The molecule has 0 fully saturated rings. The van der Waals surface area contributed by atoms with Gasteiger partial charge in [0.05, 0.1) is 6.42 Å². The molecule has 0 aliphatic carbocycles. The lowest BCUT2D eigenvalue weighted by molar-refractivity contribution is -0.148. The summed E-state index contributed by atoms with van der Waals surface area (Å²) in [6.45, 7) is -0.540. The number of ether oxygens (including phenoxy) is 1. The van der Waals surface area contributed by atoms with Crippen LogP contribution in [0.2, 0.25) is 0 Å². The Kier molecular flexibility index (Phi) is 6.06. The van der Waals surface area contributed by atoms with Gasteiger partial charge in [-0.25, -0.2) is 0 Å². The Balaban J connectivity index is 1.39. The molecule has 0 aliphatic rings. The molecule has 27 heavy (non-hydrogen) atoms. The molecular formula is C18H15N3O5S. The van der Waals surface area contributed by atoms with E-state index in [9.17, 15) is 14.4 Å². The molecule has 0 unspecified atom stereocenters. The zero-order chi connectivity index (χ0) is 19.1. The molecule has 9 heteroatoms. The fourth-order valence-electron chi connectivity index (χ4n) is 2.12. The monoisotopic (exact) mass is 385 g/mol. The van der Waals surface area contributed by atoms with E-state index < -0.39 is 24.4 Å². The Morgan fingerprint density at radius 3 is 2.70 bits per heavy atom. The first kappa shape index (κ1) is 18.5. The Morgan fingerprint density at radius 1 is 1.15 bits per heavy atom. The SMILES string of the molecule is O=C(COC(=O)CCc1nc(-c2ccsc2)no1)NC(=O)c1ccccc1. The minimum absolute atomic E-state index is 0.0226. The van der Waals surface area contributed by atoms with Gasteiger partial charge in [0, 0.05) is 22.9 Å². The largest absolute Gasteiger partial charge is 0.456 e. The molecule has 0 saturated carbocycles. The average molecular weight is 385 g/mol. The first-order valence-corrected chi connectivity index (χ1v) is 8.96. The van der Waals surface area contributed by atoms with Crippen LogP contribution in [0.25, 0.3) is 11.4 Å². The van der Waals surface area contributed by atoms with Gasteiger partial charge in [0.1, 0.15) is 0 Å². The third-order valence-corrected chi connectivity index (χ3v) is 4.13. The Morgan fingerprint density at radius 2 is 1.96 bits per heavy atom. The molecule has 2 amide bonds. The third kappa shape index (κ3) is 5.32. The minimum Gasteiger partial charge on any atom is -0.456 e. The van der Waals surface area contributed by atoms with Crippen LogP contribution in [-0.4, -0.2) is 34.5 Å². The second kappa shape index (κ2) is 8.86. The summed E-state index contributed by atoms with van der Waals surface area (Å²) >= 11 is 1.52. The van der Waals surface area contributed by atoms with E-state index >= 15 is 0 Å². The number of thiophene rings is 1. The molecule has 138 valence electrons. The van der Waals surface area contributed by atoms with Crippen molar-refractivity contribution in [1.29, 1.82) is 0 Å². The van der Waals surface area contributed by atoms with Gasteiger partial charge >= 0.3 is 5.97 Å². The minimum atomic E-state index is -0.699. The van der Waals surface area contributed by atoms with Gasteiger partial charge in [0.25, 0.3) is 11.8 Å². The van der Waals surface area contributed by atoms with E-state index in [-0.39, 0.29) is 12.8 Å². The maximum Gasteiger partial charge on any atom is 0.306 e. The van der Waals surface area contributed by atoms with Crippen molar-refractivity contribution in [3.8, 4) is 11.4 Å². The molecule has 2 aromatic heterocycles. The molecular weight excluding hydrogens is 370 g/mol. The number of hydrogen-bond donors (Lipinski definition) is 1. The molecule has 0 radical (unpaired) electrons. The van der Waals surface area contributed by atoms with Gasteiger partial charge in [-0.2, -0.15) is 16.3 Å². The molecule has 2 heterocycles. The zero-order valence-electron chi connectivity index (χ0n) is 14.1. The van der Waals surface area contributed by atoms with E-state index in [2.05, 4.69) is 15.5 Å². The first-order chi connectivity index (χ1) is 13.1. The van der Waals surface area contributed by atoms with E-state index in [1.165, 1.54) is 11.3 Å². The smallest absolute Gasteiger partial charge is 0.306 e. The van der Waals surface area contributed by atoms with Crippen LogP contribution in [0.4, 0.5) is 0 Å². The van der Waals surface area contributed by atoms with E-state index in [0.29, 0.717) is 17.3 Å². The fraction of sp³-hybridized carbons (Fsp3) is 0.167. The number of aromatic nitrogens is 2. The molecule has 0 atom stereocenters. The summed E-state index contributed by atoms with van der Waals surface area (Å²) in [5.41, 5.74) is 1.19. The second-order valence-electron chi connectivity index (χ2n) is 5.43. The van der Waals surface area contributed by atoms with E-state index in [1.54, 1.807) is 30.3 Å². The van der Waals surface area contributed by atoms with Crippen LogP contribution < -0.4 is 5.32 Å². The standard InChI is InChI=1S/C18H15N3O5S/c22-14(19-18(24)12-4-2-1-3-5-12)10-25-16(23)7-6-15-20-17(21-26-15)13-8-9-27-11-13/h1-5,8-9,11H,6-7,10H2,(H,19,22,24). The topological polar surface area (TPSA) is 111 Å². The first-order valence-electron chi connectivity index (χ1n) is 8.02. The van der Waals surface area contributed by atoms with Crippen molar-refractivity contribution in [1.82, 2.24) is 15.5 Å². The number of nitrogens with zero attached hydrogens (tertiary/aromatic N) is 2. The van der Waals surface area contributed by atoms with Gasteiger partial charge < -0.3 is 9.26 Å². The summed E-state index contributed by atoms with van der Waals surface area (Å²) in [4.78, 5) is 39.4. The van der Waals surface area contributed by atoms with E-state index in [1.807, 2.05) is 16.8 Å². The highest BCUT2D eigenvalue weighted by atomic mass is 32.1. The molecule has 8 nitrogen and oxygen atoms in total. The number of benzene rings is 1. The lowest BCUT2D eigenvalue weighted by atomic mass is 10.2. The normalized spacial score (nSPS) is 10.4. The predicted octanol–water partition coefficient (Wildman–Crippen LogP) is 2.23. The van der Waals surface area contributed by atoms with Gasteiger partial charge in [0.2, 0.25) is 11.7 Å². The molecule has 1 aromatic carbocycles. The molecule has 0 aliphatic heterocycles. The van der Waals surface area contributed by atoms with Crippen LogP contribution in [0.15, 0.2) is 51.7 Å². The summed E-state index contributed by atoms with van der Waals surface area (Å²) in [5.74, 6) is -1.10. The number of esters is 1. The van der Waals surface area contributed by atoms with E-state index in [0.717, 1.165) is 5.56 Å². The Labute approximate surface area is 158 Å². The number of carbonyl (C=O) groups is 3. The molecule has 3 aromatic rings. The number of hydrogen-bond acceptors (Lipinski definition) is 8. The van der Waals surface area contributed by atoms with Crippen molar-refractivity contribution in [2.24, 2.45) is 0 Å². The van der Waals surface area contributed by atoms with Crippen LogP contribution in [0.3, 0.4) is 0 Å². The van der Waals surface area contributed by atoms with Crippen LogP contribution >= 0.6 is 11.3 Å². The number of amides is 2. The maximum absolute atomic E-state index is 11.8. The highest BCUT2D eigenvalue weighted by molar-refractivity contribution is 7.08. The molecule has 3 rings (SSSR count). The highest BCUT2D eigenvalue weighted by Gasteiger charge is 2.14. The van der Waals surface area contributed by atoms with Crippen molar-refractivity contribution in [2.75, 3.05) is 6.61 Å². The van der Waals surface area contributed by atoms with Gasteiger partial charge in [-0.3, -0.25) is 19.7 Å². The zero-order valence-corrected chi connectivity index (χ0v) is 14.9. The summed E-state index contributed by atoms with van der Waals surface area (Å²) in [6, 6.07) is 10.1. The third-order valence-electron chi connectivity index (χ3n) is 3.44. The lowest BCUT2D eigenvalue weighted by Crippen LogP contribution is -2.34. The Bertz CT molecular complexity index is 922. The average Bonchev–Trinajstić information content (AvgIpc) is 3.37.